The van der Waals surface area contributed by atoms with Crippen LogP contribution in [0.25, 0.3) is 11.1 Å². The fourth-order valence-corrected chi connectivity index (χ4v) is 5.32. The predicted molar refractivity (Wildman–Crippen MR) is 157 cm³/mol. The summed E-state index contributed by atoms with van der Waals surface area (Å²) in [6.45, 7) is 7.10. The summed E-state index contributed by atoms with van der Waals surface area (Å²) in [4.78, 5) is 24.7. The highest BCUT2D eigenvalue weighted by Gasteiger charge is 2.33. The van der Waals surface area contributed by atoms with Gasteiger partial charge in [0.05, 0.1) is 36.7 Å². The summed E-state index contributed by atoms with van der Waals surface area (Å²) in [5.41, 5.74) is 4.25. The van der Waals surface area contributed by atoms with Crippen molar-refractivity contribution in [3.63, 3.8) is 0 Å². The zero-order chi connectivity index (χ0) is 28.8. The van der Waals surface area contributed by atoms with Crippen LogP contribution in [0.1, 0.15) is 61.1 Å². The van der Waals surface area contributed by atoms with Crippen LogP contribution in [-0.2, 0) is 6.42 Å². The molecule has 0 saturated carbocycles. The Morgan fingerprint density at radius 1 is 1.02 bits per heavy atom. The molecule has 0 unspecified atom stereocenters. The van der Waals surface area contributed by atoms with Crippen molar-refractivity contribution in [2.75, 3.05) is 27.3 Å². The molecule has 0 spiro atoms. The Labute approximate surface area is 236 Å². The number of unbranched alkanes of at least 4 members (excludes halogenated alkanes) is 1. The first-order valence-corrected chi connectivity index (χ1v) is 13.9. The summed E-state index contributed by atoms with van der Waals surface area (Å²) in [6, 6.07) is 13.4. The van der Waals surface area contributed by atoms with E-state index in [1.807, 2.05) is 38.1 Å². The van der Waals surface area contributed by atoms with Gasteiger partial charge >= 0.3 is 0 Å². The lowest BCUT2D eigenvalue weighted by molar-refractivity contribution is 0.0703. The molecule has 1 amide bonds. The Kier molecular flexibility index (Phi) is 9.30. The number of likely N-dealkylation sites (tertiary alicyclic amines) is 1. The van der Waals surface area contributed by atoms with E-state index in [2.05, 4.69) is 11.9 Å². The molecule has 1 aliphatic heterocycles. The molecule has 1 fully saturated rings. The Bertz CT molecular complexity index is 1370. The highest BCUT2D eigenvalue weighted by Crippen LogP contribution is 2.47. The predicted octanol–water partition coefficient (Wildman–Crippen LogP) is 6.47. The van der Waals surface area contributed by atoms with Gasteiger partial charge < -0.3 is 24.6 Å². The average Bonchev–Trinajstić information content (AvgIpc) is 2.96. The minimum atomic E-state index is -0.467. The first kappa shape index (κ1) is 28.9. The van der Waals surface area contributed by atoms with Crippen LogP contribution in [0.15, 0.2) is 47.5 Å². The second kappa shape index (κ2) is 12.9. The number of benzene rings is 2. The standard InChI is InChI=1S/C32H39N3O5/c1-6-7-12-24-27(28-25(39-4)14-10-15-26(28)40-5)30(36)29(31(37)34-24)32(38)35-18-16-22(17-19-35)21(3)33-23-13-9-8-11-20(23)2/h8-11,13-15,22H,6-7,12,16-19H2,1-5H3,(H2,34,36,37)/b33-21+. The van der Waals surface area contributed by atoms with Gasteiger partial charge in [-0.1, -0.05) is 37.6 Å². The smallest absolute Gasteiger partial charge is 0.263 e. The van der Waals surface area contributed by atoms with Crippen molar-refractivity contribution in [3.8, 4) is 34.3 Å². The normalized spacial score (nSPS) is 14.3. The molecular weight excluding hydrogens is 506 g/mol. The molecule has 3 aromatic rings. The molecule has 8 heteroatoms. The van der Waals surface area contributed by atoms with E-state index in [0.717, 1.165) is 42.6 Å². The number of para-hydroxylation sites is 1. The zero-order valence-electron chi connectivity index (χ0n) is 24.0. The molecular formula is C32H39N3O5. The van der Waals surface area contributed by atoms with Gasteiger partial charge in [0.2, 0.25) is 5.88 Å². The molecule has 0 aliphatic carbocycles. The van der Waals surface area contributed by atoms with Gasteiger partial charge in [0.15, 0.2) is 0 Å². The summed E-state index contributed by atoms with van der Waals surface area (Å²) in [6.07, 6.45) is 3.68. The maximum atomic E-state index is 13.7. The van der Waals surface area contributed by atoms with Crippen molar-refractivity contribution in [2.24, 2.45) is 10.9 Å². The zero-order valence-corrected chi connectivity index (χ0v) is 24.0. The first-order chi connectivity index (χ1) is 19.3. The lowest BCUT2D eigenvalue weighted by Gasteiger charge is -2.32. The number of amides is 1. The van der Waals surface area contributed by atoms with E-state index in [4.69, 9.17) is 14.5 Å². The minimum absolute atomic E-state index is 0.202. The number of nitrogens with zero attached hydrogens (tertiary/aromatic N) is 3. The quantitative estimate of drug-likeness (QED) is 0.299. The first-order valence-electron chi connectivity index (χ1n) is 13.9. The lowest BCUT2D eigenvalue weighted by Crippen LogP contribution is -2.40. The maximum absolute atomic E-state index is 13.7. The molecule has 4 rings (SSSR count). The molecule has 8 nitrogen and oxygen atoms in total. The molecule has 2 heterocycles. The molecule has 1 aromatic heterocycles. The Hall–Kier alpha value is -4.07. The summed E-state index contributed by atoms with van der Waals surface area (Å²) in [7, 11) is 3.07. The number of hydrogen-bond acceptors (Lipinski definition) is 7. The van der Waals surface area contributed by atoms with E-state index in [0.29, 0.717) is 47.8 Å². The van der Waals surface area contributed by atoms with Crippen LogP contribution in [0, 0.1) is 12.8 Å². The molecule has 0 bridgehead atoms. The summed E-state index contributed by atoms with van der Waals surface area (Å²) in [5.74, 6) is -0.0399. The Balaban J connectivity index is 1.66. The molecule has 0 radical (unpaired) electrons. The summed E-state index contributed by atoms with van der Waals surface area (Å²) in [5, 5.41) is 22.5. The Morgan fingerprint density at radius 2 is 1.68 bits per heavy atom. The number of aromatic nitrogens is 1. The van der Waals surface area contributed by atoms with Gasteiger partial charge in [0, 0.05) is 24.7 Å². The van der Waals surface area contributed by atoms with E-state index < -0.39 is 11.8 Å². The van der Waals surface area contributed by atoms with Gasteiger partial charge in [-0.05, 0) is 63.3 Å². The van der Waals surface area contributed by atoms with Crippen molar-refractivity contribution in [1.29, 1.82) is 0 Å². The number of pyridine rings is 1. The van der Waals surface area contributed by atoms with E-state index in [9.17, 15) is 15.0 Å². The maximum Gasteiger partial charge on any atom is 0.263 e. The molecule has 1 aliphatic rings. The van der Waals surface area contributed by atoms with Gasteiger partial charge in [0.25, 0.3) is 5.91 Å². The van der Waals surface area contributed by atoms with Crippen LogP contribution in [0.4, 0.5) is 5.69 Å². The fourth-order valence-electron chi connectivity index (χ4n) is 5.32. The van der Waals surface area contributed by atoms with Crippen LogP contribution >= 0.6 is 0 Å². The van der Waals surface area contributed by atoms with Gasteiger partial charge in [-0.3, -0.25) is 9.79 Å². The number of carbonyl (C=O) groups excluding carboxylic acids is 1. The fraction of sp³-hybridized carbons (Fsp3) is 0.406. The van der Waals surface area contributed by atoms with Crippen LogP contribution in [0.2, 0.25) is 0 Å². The highest BCUT2D eigenvalue weighted by atomic mass is 16.5. The van der Waals surface area contributed by atoms with Gasteiger partial charge in [-0.15, -0.1) is 0 Å². The van der Waals surface area contributed by atoms with Crippen LogP contribution in [0.3, 0.4) is 0 Å². The molecule has 40 heavy (non-hydrogen) atoms. The summed E-state index contributed by atoms with van der Waals surface area (Å²) >= 11 is 0. The SMILES string of the molecule is CCCCc1nc(O)c(C(=O)N2CCC(/C(C)=N/c3ccccc3C)CC2)c(O)c1-c1c(OC)cccc1OC. The average molecular weight is 546 g/mol. The number of carbonyl (C=O) groups is 1. The third-order valence-corrected chi connectivity index (χ3v) is 7.67. The van der Waals surface area contributed by atoms with Crippen molar-refractivity contribution < 1.29 is 24.5 Å². The van der Waals surface area contributed by atoms with Crippen molar-refractivity contribution >= 4 is 17.3 Å². The van der Waals surface area contributed by atoms with Crippen LogP contribution in [0.5, 0.6) is 23.1 Å². The number of aryl methyl sites for hydroxylation is 2. The molecule has 2 N–H and O–H groups in total. The number of piperidine rings is 1. The van der Waals surface area contributed by atoms with E-state index in [1.165, 1.54) is 14.2 Å². The number of aliphatic imine (C=N–C) groups is 1. The van der Waals surface area contributed by atoms with Gasteiger partial charge in [-0.25, -0.2) is 4.98 Å². The topological polar surface area (TPSA) is 104 Å². The third kappa shape index (κ3) is 5.91. The lowest BCUT2D eigenvalue weighted by atomic mass is 9.91. The monoisotopic (exact) mass is 545 g/mol. The van der Waals surface area contributed by atoms with Crippen molar-refractivity contribution in [2.45, 2.75) is 52.9 Å². The van der Waals surface area contributed by atoms with Gasteiger partial charge in [-0.2, -0.15) is 0 Å². The largest absolute Gasteiger partial charge is 0.506 e. The molecule has 212 valence electrons. The summed E-state index contributed by atoms with van der Waals surface area (Å²) < 4.78 is 11.2. The van der Waals surface area contributed by atoms with Crippen molar-refractivity contribution in [3.05, 3.63) is 59.3 Å². The van der Waals surface area contributed by atoms with Gasteiger partial charge in [0.1, 0.15) is 22.8 Å². The second-order valence-electron chi connectivity index (χ2n) is 10.2. The second-order valence-corrected chi connectivity index (χ2v) is 10.2. The van der Waals surface area contributed by atoms with E-state index in [-0.39, 0.29) is 17.2 Å². The molecule has 0 atom stereocenters. The Morgan fingerprint density at radius 3 is 2.27 bits per heavy atom. The van der Waals surface area contributed by atoms with Crippen LogP contribution < -0.4 is 9.47 Å². The van der Waals surface area contributed by atoms with E-state index >= 15 is 0 Å². The number of rotatable bonds is 9. The molecule has 1 saturated heterocycles. The van der Waals surface area contributed by atoms with E-state index in [1.54, 1.807) is 23.1 Å². The highest BCUT2D eigenvalue weighted by molar-refractivity contribution is 6.02. The van der Waals surface area contributed by atoms with Crippen molar-refractivity contribution in [1.82, 2.24) is 9.88 Å². The van der Waals surface area contributed by atoms with Crippen LogP contribution in [-0.4, -0.2) is 59.0 Å². The number of ether oxygens (including phenoxy) is 2. The third-order valence-electron chi connectivity index (χ3n) is 7.67. The number of methoxy groups -OCH3 is 2. The minimum Gasteiger partial charge on any atom is -0.506 e. The number of hydrogen-bond donors (Lipinski definition) is 2. The molecule has 2 aromatic carbocycles. The number of aromatic hydroxyl groups is 2.